The van der Waals surface area contributed by atoms with Gasteiger partial charge in [0.05, 0.1) is 5.69 Å². The Hall–Kier alpha value is -2.52. The van der Waals surface area contributed by atoms with E-state index in [0.29, 0.717) is 24.2 Å². The van der Waals surface area contributed by atoms with Gasteiger partial charge in [0.25, 0.3) is 0 Å². The van der Waals surface area contributed by atoms with Crippen LogP contribution in [0.4, 0.5) is 15.8 Å². The molecular formula is C21H25FN4O3S. The molecular weight excluding hydrogens is 407 g/mol. The Morgan fingerprint density at radius 3 is 2.47 bits per heavy atom. The van der Waals surface area contributed by atoms with Crippen LogP contribution in [0.25, 0.3) is 0 Å². The molecule has 1 amide bonds. The van der Waals surface area contributed by atoms with E-state index in [0.717, 1.165) is 25.9 Å². The SMILES string of the molecule is O=C(Nc1ccc(N2CCCC2)c(F)c1)C1CCN(S(=O)(=O)c2cccnc2)CC1. The Morgan fingerprint density at radius 1 is 1.10 bits per heavy atom. The van der Waals surface area contributed by atoms with Gasteiger partial charge in [-0.15, -0.1) is 0 Å². The highest BCUT2D eigenvalue weighted by Gasteiger charge is 2.32. The van der Waals surface area contributed by atoms with Gasteiger partial charge in [0.1, 0.15) is 10.7 Å². The van der Waals surface area contributed by atoms with Gasteiger partial charge in [-0.1, -0.05) is 0 Å². The van der Waals surface area contributed by atoms with Crippen molar-refractivity contribution < 1.29 is 17.6 Å². The highest BCUT2D eigenvalue weighted by atomic mass is 32.2. The minimum atomic E-state index is -3.60. The molecule has 1 N–H and O–H groups in total. The Bertz CT molecular complexity index is 1000. The number of halogens is 1. The number of rotatable bonds is 5. The first-order valence-electron chi connectivity index (χ1n) is 10.2. The third kappa shape index (κ3) is 4.32. The van der Waals surface area contributed by atoms with Crippen LogP contribution < -0.4 is 10.2 Å². The minimum absolute atomic E-state index is 0.154. The summed E-state index contributed by atoms with van der Waals surface area (Å²) in [4.78, 5) is 18.7. The molecule has 2 saturated heterocycles. The van der Waals surface area contributed by atoms with Crippen molar-refractivity contribution >= 4 is 27.3 Å². The second kappa shape index (κ2) is 8.69. The van der Waals surface area contributed by atoms with Crippen molar-refractivity contribution in [2.75, 3.05) is 36.4 Å². The molecule has 4 rings (SSSR count). The summed E-state index contributed by atoms with van der Waals surface area (Å²) in [6.45, 7) is 2.22. The molecule has 7 nitrogen and oxygen atoms in total. The number of aromatic nitrogens is 1. The van der Waals surface area contributed by atoms with Crippen molar-refractivity contribution in [3.05, 3.63) is 48.5 Å². The number of carbonyl (C=O) groups excluding carboxylic acids is 1. The summed E-state index contributed by atoms with van der Waals surface area (Å²) in [6, 6.07) is 7.88. The second-order valence-electron chi connectivity index (χ2n) is 7.72. The van der Waals surface area contributed by atoms with Gasteiger partial charge in [-0.2, -0.15) is 4.31 Å². The summed E-state index contributed by atoms with van der Waals surface area (Å²) in [5.74, 6) is -0.861. The summed E-state index contributed by atoms with van der Waals surface area (Å²) < 4.78 is 41.2. The van der Waals surface area contributed by atoms with Crippen molar-refractivity contribution in [3.63, 3.8) is 0 Å². The number of pyridine rings is 1. The number of anilines is 2. The zero-order valence-electron chi connectivity index (χ0n) is 16.6. The molecule has 2 aliphatic rings. The molecule has 9 heteroatoms. The van der Waals surface area contributed by atoms with Crippen LogP contribution in [0.5, 0.6) is 0 Å². The van der Waals surface area contributed by atoms with Gasteiger partial charge in [0.2, 0.25) is 15.9 Å². The average Bonchev–Trinajstić information content (AvgIpc) is 3.29. The fraction of sp³-hybridized carbons (Fsp3) is 0.429. The molecule has 2 aromatic rings. The number of benzene rings is 1. The summed E-state index contributed by atoms with van der Waals surface area (Å²) in [5.41, 5.74) is 0.991. The molecule has 160 valence electrons. The molecule has 0 unspecified atom stereocenters. The van der Waals surface area contributed by atoms with Crippen molar-refractivity contribution in [3.8, 4) is 0 Å². The van der Waals surface area contributed by atoms with Gasteiger partial charge in [-0.25, -0.2) is 12.8 Å². The standard InChI is InChI=1S/C21H25FN4O3S/c22-19-14-17(5-6-20(19)25-10-1-2-11-25)24-21(27)16-7-12-26(13-8-16)30(28,29)18-4-3-9-23-15-18/h3-6,9,14-16H,1-2,7-8,10-13H2,(H,24,27). The lowest BCUT2D eigenvalue weighted by atomic mass is 9.97. The van der Waals surface area contributed by atoms with Crippen molar-refractivity contribution in [2.24, 2.45) is 5.92 Å². The van der Waals surface area contributed by atoms with Crippen LogP contribution in [0, 0.1) is 11.7 Å². The van der Waals surface area contributed by atoms with Crippen LogP contribution in [0.2, 0.25) is 0 Å². The van der Waals surface area contributed by atoms with E-state index in [-0.39, 0.29) is 35.6 Å². The number of nitrogens with one attached hydrogen (secondary N) is 1. The van der Waals surface area contributed by atoms with Gasteiger partial charge in [0.15, 0.2) is 0 Å². The van der Waals surface area contributed by atoms with E-state index >= 15 is 0 Å². The maximum Gasteiger partial charge on any atom is 0.244 e. The highest BCUT2D eigenvalue weighted by molar-refractivity contribution is 7.89. The smallest absolute Gasteiger partial charge is 0.244 e. The monoisotopic (exact) mass is 432 g/mol. The summed E-state index contributed by atoms with van der Waals surface area (Å²) >= 11 is 0. The summed E-state index contributed by atoms with van der Waals surface area (Å²) in [7, 11) is -3.60. The topological polar surface area (TPSA) is 82.6 Å². The Balaban J connectivity index is 1.35. The lowest BCUT2D eigenvalue weighted by molar-refractivity contribution is -0.120. The van der Waals surface area contributed by atoms with E-state index in [2.05, 4.69) is 10.3 Å². The lowest BCUT2D eigenvalue weighted by Gasteiger charge is -2.30. The van der Waals surface area contributed by atoms with Crippen molar-refractivity contribution in [1.82, 2.24) is 9.29 Å². The zero-order valence-corrected chi connectivity index (χ0v) is 17.4. The molecule has 0 radical (unpaired) electrons. The molecule has 2 fully saturated rings. The maximum atomic E-state index is 14.5. The molecule has 0 bridgehead atoms. The number of sulfonamides is 1. The first-order chi connectivity index (χ1) is 14.4. The number of piperidine rings is 1. The fourth-order valence-corrected chi connectivity index (χ4v) is 5.48. The van der Waals surface area contributed by atoms with Crippen LogP contribution >= 0.6 is 0 Å². The number of nitrogens with zero attached hydrogens (tertiary/aromatic N) is 3. The molecule has 0 spiro atoms. The molecule has 1 aromatic heterocycles. The van der Waals surface area contributed by atoms with Gasteiger partial charge in [-0.3, -0.25) is 9.78 Å². The van der Waals surface area contributed by atoms with E-state index < -0.39 is 10.0 Å². The Kier molecular flexibility index (Phi) is 6.01. The number of carbonyl (C=O) groups is 1. The van der Waals surface area contributed by atoms with Gasteiger partial charge in [-0.05, 0) is 56.0 Å². The zero-order chi connectivity index (χ0) is 21.1. The highest BCUT2D eigenvalue weighted by Crippen LogP contribution is 2.28. The Morgan fingerprint density at radius 2 is 1.83 bits per heavy atom. The van der Waals surface area contributed by atoms with Crippen molar-refractivity contribution in [2.45, 2.75) is 30.6 Å². The first-order valence-corrected chi connectivity index (χ1v) is 11.6. The molecule has 2 aliphatic heterocycles. The Labute approximate surface area is 176 Å². The van der Waals surface area contributed by atoms with Crippen LogP contribution in [-0.4, -0.2) is 49.8 Å². The normalized spacial score (nSPS) is 18.5. The van der Waals surface area contributed by atoms with Crippen LogP contribution in [0.1, 0.15) is 25.7 Å². The number of hydrogen-bond acceptors (Lipinski definition) is 5. The summed E-state index contributed by atoms with van der Waals surface area (Å²) in [6.07, 6.45) is 5.81. The third-order valence-electron chi connectivity index (χ3n) is 5.76. The van der Waals surface area contributed by atoms with Crippen LogP contribution in [0.15, 0.2) is 47.6 Å². The molecule has 3 heterocycles. The number of amides is 1. The quantitative estimate of drug-likeness (QED) is 0.786. The van der Waals surface area contributed by atoms with E-state index in [1.165, 1.54) is 28.8 Å². The summed E-state index contributed by atoms with van der Waals surface area (Å²) in [5, 5.41) is 2.78. The van der Waals surface area contributed by atoms with E-state index in [9.17, 15) is 17.6 Å². The van der Waals surface area contributed by atoms with Crippen LogP contribution in [0.3, 0.4) is 0 Å². The first kappa shape index (κ1) is 20.7. The predicted octanol–water partition coefficient (Wildman–Crippen LogP) is 2.86. The predicted molar refractivity (Wildman–Crippen MR) is 112 cm³/mol. The van der Waals surface area contributed by atoms with Crippen molar-refractivity contribution in [1.29, 1.82) is 0 Å². The fourth-order valence-electron chi connectivity index (χ4n) is 4.05. The lowest BCUT2D eigenvalue weighted by Crippen LogP contribution is -2.41. The van der Waals surface area contributed by atoms with E-state index in [1.807, 2.05) is 4.90 Å². The van der Waals surface area contributed by atoms with Gasteiger partial charge < -0.3 is 10.2 Å². The van der Waals surface area contributed by atoms with Gasteiger partial charge in [0, 0.05) is 50.2 Å². The number of hydrogen-bond donors (Lipinski definition) is 1. The maximum absolute atomic E-state index is 14.5. The second-order valence-corrected chi connectivity index (χ2v) is 9.65. The minimum Gasteiger partial charge on any atom is -0.369 e. The van der Waals surface area contributed by atoms with Gasteiger partial charge >= 0.3 is 0 Å². The van der Waals surface area contributed by atoms with E-state index in [1.54, 1.807) is 18.2 Å². The molecule has 0 atom stereocenters. The molecule has 0 saturated carbocycles. The average molecular weight is 433 g/mol. The molecule has 0 aliphatic carbocycles. The van der Waals surface area contributed by atoms with Crippen LogP contribution in [-0.2, 0) is 14.8 Å². The molecule has 1 aromatic carbocycles. The van der Waals surface area contributed by atoms with E-state index in [4.69, 9.17) is 0 Å². The molecule has 30 heavy (non-hydrogen) atoms. The third-order valence-corrected chi connectivity index (χ3v) is 7.64. The largest absolute Gasteiger partial charge is 0.369 e.